The van der Waals surface area contributed by atoms with Gasteiger partial charge in [0.05, 0.1) is 18.7 Å². The van der Waals surface area contributed by atoms with Crippen LogP contribution in [0.1, 0.15) is 18.9 Å². The molecule has 1 aromatic heterocycles. The standard InChI is InChI=1S/C13H13NO4/c1-8(15)5-13(6-17-7-13)9-2-3-11-10(4-9)14-12(16)18-11/h2-4H,5-7H2,1H3,(H,14,16). The van der Waals surface area contributed by atoms with E-state index in [-0.39, 0.29) is 11.2 Å². The summed E-state index contributed by atoms with van der Waals surface area (Å²) >= 11 is 0. The number of H-pyrrole nitrogens is 1. The number of hydrogen-bond donors (Lipinski definition) is 1. The minimum absolute atomic E-state index is 0.138. The van der Waals surface area contributed by atoms with Crippen LogP contribution in [0.3, 0.4) is 0 Å². The highest BCUT2D eigenvalue weighted by Gasteiger charge is 2.41. The number of rotatable bonds is 3. The third-order valence-electron chi connectivity index (χ3n) is 3.38. The van der Waals surface area contributed by atoms with Crippen LogP contribution in [-0.4, -0.2) is 24.0 Å². The highest BCUT2D eigenvalue weighted by Crippen LogP contribution is 2.36. The minimum Gasteiger partial charge on any atom is -0.408 e. The maximum atomic E-state index is 11.4. The van der Waals surface area contributed by atoms with E-state index in [4.69, 9.17) is 9.15 Å². The van der Waals surface area contributed by atoms with Crippen LogP contribution in [0.4, 0.5) is 0 Å². The van der Waals surface area contributed by atoms with Crippen molar-refractivity contribution in [1.29, 1.82) is 0 Å². The smallest absolute Gasteiger partial charge is 0.408 e. The summed E-state index contributed by atoms with van der Waals surface area (Å²) in [7, 11) is 0. The van der Waals surface area contributed by atoms with Gasteiger partial charge in [-0.15, -0.1) is 0 Å². The Kier molecular flexibility index (Phi) is 2.38. The fraction of sp³-hybridized carbons (Fsp3) is 0.385. The van der Waals surface area contributed by atoms with E-state index in [2.05, 4.69) is 4.98 Å². The van der Waals surface area contributed by atoms with Gasteiger partial charge >= 0.3 is 5.76 Å². The summed E-state index contributed by atoms with van der Waals surface area (Å²) in [5.74, 6) is -0.327. The Hall–Kier alpha value is -1.88. The number of aromatic amines is 1. The average Bonchev–Trinajstić information content (AvgIpc) is 2.62. The van der Waals surface area contributed by atoms with Crippen molar-refractivity contribution in [3.8, 4) is 0 Å². The van der Waals surface area contributed by atoms with Gasteiger partial charge in [-0.2, -0.15) is 0 Å². The van der Waals surface area contributed by atoms with Crippen LogP contribution in [0.2, 0.25) is 0 Å². The fourth-order valence-corrected chi connectivity index (χ4v) is 2.48. The molecule has 5 nitrogen and oxygen atoms in total. The summed E-state index contributed by atoms with van der Waals surface area (Å²) in [6.07, 6.45) is 0.459. The predicted octanol–water partition coefficient (Wildman–Crippen LogP) is 1.37. The third kappa shape index (κ3) is 1.67. The molecule has 1 aromatic carbocycles. The molecule has 0 amide bonds. The largest absolute Gasteiger partial charge is 0.417 e. The molecule has 0 radical (unpaired) electrons. The minimum atomic E-state index is -0.465. The molecule has 3 rings (SSSR count). The van der Waals surface area contributed by atoms with Crippen molar-refractivity contribution in [3.05, 3.63) is 34.3 Å². The molecular formula is C13H13NO4. The second-order valence-electron chi connectivity index (χ2n) is 4.88. The molecule has 0 unspecified atom stereocenters. The SMILES string of the molecule is CC(=O)CC1(c2ccc3oc(=O)[nH]c3c2)COC1. The number of oxazole rings is 1. The van der Waals surface area contributed by atoms with E-state index in [9.17, 15) is 9.59 Å². The fourth-order valence-electron chi connectivity index (χ4n) is 2.48. The molecule has 1 aliphatic heterocycles. The first-order valence-corrected chi connectivity index (χ1v) is 5.80. The van der Waals surface area contributed by atoms with Crippen molar-refractivity contribution in [1.82, 2.24) is 4.98 Å². The van der Waals surface area contributed by atoms with Crippen molar-refractivity contribution < 1.29 is 13.9 Å². The molecule has 5 heteroatoms. The molecule has 0 aliphatic carbocycles. The highest BCUT2D eigenvalue weighted by molar-refractivity contribution is 5.78. The van der Waals surface area contributed by atoms with Gasteiger partial charge in [-0.3, -0.25) is 9.78 Å². The maximum Gasteiger partial charge on any atom is 0.417 e. The van der Waals surface area contributed by atoms with Crippen LogP contribution in [0, 0.1) is 0 Å². The number of Topliss-reactive ketones (excluding diaryl/α,β-unsaturated/α-hetero) is 1. The molecular weight excluding hydrogens is 234 g/mol. The van der Waals surface area contributed by atoms with Crippen molar-refractivity contribution in [2.75, 3.05) is 13.2 Å². The Balaban J connectivity index is 2.06. The summed E-state index contributed by atoms with van der Waals surface area (Å²) in [6, 6.07) is 5.51. The van der Waals surface area contributed by atoms with Gasteiger partial charge < -0.3 is 9.15 Å². The Morgan fingerprint density at radius 1 is 1.44 bits per heavy atom. The lowest BCUT2D eigenvalue weighted by Gasteiger charge is -2.41. The first-order valence-electron chi connectivity index (χ1n) is 5.80. The molecule has 0 saturated carbocycles. The molecule has 1 N–H and O–H groups in total. The van der Waals surface area contributed by atoms with E-state index in [1.165, 1.54) is 0 Å². The van der Waals surface area contributed by atoms with Gasteiger partial charge in [0, 0.05) is 11.8 Å². The Labute approximate surface area is 103 Å². The van der Waals surface area contributed by atoms with E-state index in [0.717, 1.165) is 5.56 Å². The number of carbonyl (C=O) groups is 1. The predicted molar refractivity (Wildman–Crippen MR) is 64.6 cm³/mol. The average molecular weight is 247 g/mol. The molecule has 2 heterocycles. The molecule has 2 aromatic rings. The molecule has 0 spiro atoms. The van der Waals surface area contributed by atoms with Crippen LogP contribution in [0.15, 0.2) is 27.4 Å². The van der Waals surface area contributed by atoms with E-state index in [1.54, 1.807) is 13.0 Å². The maximum absolute atomic E-state index is 11.4. The van der Waals surface area contributed by atoms with Crippen molar-refractivity contribution in [3.63, 3.8) is 0 Å². The number of hydrogen-bond acceptors (Lipinski definition) is 4. The molecule has 0 atom stereocenters. The number of aromatic nitrogens is 1. The van der Waals surface area contributed by atoms with Crippen molar-refractivity contribution in [2.24, 2.45) is 0 Å². The van der Waals surface area contributed by atoms with Crippen LogP contribution in [-0.2, 0) is 14.9 Å². The van der Waals surface area contributed by atoms with Crippen LogP contribution < -0.4 is 5.76 Å². The zero-order valence-corrected chi connectivity index (χ0v) is 9.99. The topological polar surface area (TPSA) is 72.3 Å². The highest BCUT2D eigenvalue weighted by atomic mass is 16.5. The quantitative estimate of drug-likeness (QED) is 0.889. The lowest BCUT2D eigenvalue weighted by molar-refractivity contribution is -0.125. The monoisotopic (exact) mass is 247 g/mol. The van der Waals surface area contributed by atoms with E-state index in [1.807, 2.05) is 12.1 Å². The van der Waals surface area contributed by atoms with E-state index in [0.29, 0.717) is 30.7 Å². The number of ketones is 1. The molecule has 0 bridgehead atoms. The summed E-state index contributed by atoms with van der Waals surface area (Å²) in [5, 5.41) is 0. The summed E-state index contributed by atoms with van der Waals surface area (Å²) in [4.78, 5) is 25.1. The lowest BCUT2D eigenvalue weighted by atomic mass is 9.75. The molecule has 1 saturated heterocycles. The first-order chi connectivity index (χ1) is 8.59. The third-order valence-corrected chi connectivity index (χ3v) is 3.38. The van der Waals surface area contributed by atoms with Gasteiger partial charge in [0.15, 0.2) is 5.58 Å². The van der Waals surface area contributed by atoms with Gasteiger partial charge in [0.2, 0.25) is 0 Å². The number of benzene rings is 1. The zero-order valence-electron chi connectivity index (χ0n) is 9.99. The Morgan fingerprint density at radius 3 is 2.83 bits per heavy atom. The van der Waals surface area contributed by atoms with E-state index < -0.39 is 5.76 Å². The molecule has 18 heavy (non-hydrogen) atoms. The second kappa shape index (κ2) is 3.81. The van der Waals surface area contributed by atoms with Gasteiger partial charge in [-0.25, -0.2) is 4.79 Å². The van der Waals surface area contributed by atoms with Gasteiger partial charge in [-0.05, 0) is 24.6 Å². The van der Waals surface area contributed by atoms with Gasteiger partial charge in [0.1, 0.15) is 5.78 Å². The summed E-state index contributed by atoms with van der Waals surface area (Å²) < 4.78 is 10.2. The van der Waals surface area contributed by atoms with Crippen LogP contribution in [0.5, 0.6) is 0 Å². The molecule has 1 aliphatic rings. The van der Waals surface area contributed by atoms with E-state index >= 15 is 0 Å². The summed E-state index contributed by atoms with van der Waals surface area (Å²) in [5.41, 5.74) is 1.96. The van der Waals surface area contributed by atoms with Crippen LogP contribution >= 0.6 is 0 Å². The van der Waals surface area contributed by atoms with Crippen molar-refractivity contribution >= 4 is 16.9 Å². The lowest BCUT2D eigenvalue weighted by Crippen LogP contribution is -2.47. The zero-order chi connectivity index (χ0) is 12.8. The molecule has 1 fully saturated rings. The Bertz CT molecular complexity index is 663. The number of fused-ring (bicyclic) bond motifs is 1. The number of ether oxygens (including phenoxy) is 1. The van der Waals surface area contributed by atoms with Crippen molar-refractivity contribution in [2.45, 2.75) is 18.8 Å². The molecule has 94 valence electrons. The second-order valence-corrected chi connectivity index (χ2v) is 4.88. The first kappa shape index (κ1) is 11.2. The van der Waals surface area contributed by atoms with Crippen LogP contribution in [0.25, 0.3) is 11.1 Å². The van der Waals surface area contributed by atoms with Gasteiger partial charge in [-0.1, -0.05) is 6.07 Å². The van der Waals surface area contributed by atoms with Gasteiger partial charge in [0.25, 0.3) is 0 Å². The normalized spacial score (nSPS) is 17.6. The summed E-state index contributed by atoms with van der Waals surface area (Å²) in [6.45, 7) is 2.67. The Morgan fingerprint density at radius 2 is 2.22 bits per heavy atom. The number of nitrogens with one attached hydrogen (secondary N) is 1. The number of carbonyl (C=O) groups excluding carboxylic acids is 1.